The Hall–Kier alpha value is -2.04. The van der Waals surface area contributed by atoms with Crippen LogP contribution in [0.2, 0.25) is 0 Å². The molecular formula is C12H13NO4. The Labute approximate surface area is 98.9 Å². The molecule has 0 aliphatic carbocycles. The summed E-state index contributed by atoms with van der Waals surface area (Å²) in [4.78, 5) is 24.1. The second-order valence-corrected chi connectivity index (χ2v) is 3.68. The van der Waals surface area contributed by atoms with Gasteiger partial charge >= 0.3 is 6.09 Å². The number of hydrogen-bond donors (Lipinski definition) is 0. The Morgan fingerprint density at radius 2 is 2.12 bits per heavy atom. The van der Waals surface area contributed by atoms with Crippen LogP contribution in [0, 0.1) is 0 Å². The third kappa shape index (κ3) is 2.55. The van der Waals surface area contributed by atoms with Gasteiger partial charge < -0.3 is 9.47 Å². The van der Waals surface area contributed by atoms with Gasteiger partial charge in [0.2, 0.25) is 5.91 Å². The van der Waals surface area contributed by atoms with Crippen molar-refractivity contribution < 1.29 is 19.1 Å². The third-order valence-corrected chi connectivity index (χ3v) is 2.58. The molecule has 0 unspecified atom stereocenters. The van der Waals surface area contributed by atoms with Crippen molar-refractivity contribution in [1.29, 1.82) is 0 Å². The van der Waals surface area contributed by atoms with E-state index in [2.05, 4.69) is 0 Å². The summed E-state index contributed by atoms with van der Waals surface area (Å²) < 4.78 is 9.73. The van der Waals surface area contributed by atoms with Gasteiger partial charge in [-0.2, -0.15) is 0 Å². The molecule has 1 aromatic carbocycles. The summed E-state index contributed by atoms with van der Waals surface area (Å²) >= 11 is 0. The first-order valence-electron chi connectivity index (χ1n) is 5.31. The highest BCUT2D eigenvalue weighted by Crippen LogP contribution is 2.13. The molecule has 0 aromatic heterocycles. The van der Waals surface area contributed by atoms with Crippen molar-refractivity contribution in [2.75, 3.05) is 20.3 Å². The lowest BCUT2D eigenvalue weighted by molar-refractivity contribution is -0.127. The number of cyclic esters (lactones) is 1. The van der Waals surface area contributed by atoms with E-state index in [4.69, 9.17) is 9.47 Å². The van der Waals surface area contributed by atoms with Gasteiger partial charge in [-0.05, 0) is 17.7 Å². The molecule has 1 fully saturated rings. The number of hydrogen-bond acceptors (Lipinski definition) is 4. The van der Waals surface area contributed by atoms with E-state index >= 15 is 0 Å². The minimum atomic E-state index is -0.552. The fraction of sp³-hybridized carbons (Fsp3) is 0.333. The summed E-state index contributed by atoms with van der Waals surface area (Å²) in [6, 6.07) is 7.17. The third-order valence-electron chi connectivity index (χ3n) is 2.58. The van der Waals surface area contributed by atoms with E-state index < -0.39 is 6.09 Å². The largest absolute Gasteiger partial charge is 0.497 e. The SMILES string of the molecule is COc1ccc(CC(=O)N2CCOC2=O)cc1. The summed E-state index contributed by atoms with van der Waals surface area (Å²) in [6.07, 6.45) is -0.359. The number of methoxy groups -OCH3 is 1. The molecule has 0 spiro atoms. The van der Waals surface area contributed by atoms with Crippen molar-refractivity contribution in [3.05, 3.63) is 29.8 Å². The summed E-state index contributed by atoms with van der Waals surface area (Å²) in [7, 11) is 1.58. The molecule has 5 nitrogen and oxygen atoms in total. The van der Waals surface area contributed by atoms with Crippen LogP contribution < -0.4 is 4.74 Å². The average Bonchev–Trinajstić information content (AvgIpc) is 2.76. The number of benzene rings is 1. The van der Waals surface area contributed by atoms with E-state index in [-0.39, 0.29) is 18.9 Å². The molecule has 1 saturated heterocycles. The topological polar surface area (TPSA) is 55.8 Å². The van der Waals surface area contributed by atoms with Gasteiger partial charge in [0, 0.05) is 0 Å². The van der Waals surface area contributed by atoms with Crippen molar-refractivity contribution in [3.63, 3.8) is 0 Å². The van der Waals surface area contributed by atoms with E-state index in [1.165, 1.54) is 0 Å². The van der Waals surface area contributed by atoms with Gasteiger partial charge in [0.1, 0.15) is 12.4 Å². The number of rotatable bonds is 3. The Balaban J connectivity index is 2.00. The molecular weight excluding hydrogens is 222 g/mol. The molecule has 2 amide bonds. The van der Waals surface area contributed by atoms with Gasteiger partial charge in [0.15, 0.2) is 0 Å². The minimum Gasteiger partial charge on any atom is -0.497 e. The number of ether oxygens (including phenoxy) is 2. The van der Waals surface area contributed by atoms with Crippen molar-refractivity contribution in [2.45, 2.75) is 6.42 Å². The van der Waals surface area contributed by atoms with E-state index in [0.717, 1.165) is 16.2 Å². The van der Waals surface area contributed by atoms with Gasteiger partial charge in [-0.3, -0.25) is 4.79 Å². The zero-order chi connectivity index (χ0) is 12.3. The van der Waals surface area contributed by atoms with Gasteiger partial charge in [0.05, 0.1) is 20.1 Å². The maximum absolute atomic E-state index is 11.8. The fourth-order valence-corrected chi connectivity index (χ4v) is 1.63. The number of nitrogens with zero attached hydrogens (tertiary/aromatic N) is 1. The molecule has 90 valence electrons. The maximum Gasteiger partial charge on any atom is 0.416 e. The number of carbonyl (C=O) groups is 2. The number of imide groups is 1. The number of amides is 2. The van der Waals surface area contributed by atoms with Crippen LogP contribution in [-0.2, 0) is 16.0 Å². The lowest BCUT2D eigenvalue weighted by atomic mass is 10.1. The van der Waals surface area contributed by atoms with Gasteiger partial charge in [0.25, 0.3) is 0 Å². The second-order valence-electron chi connectivity index (χ2n) is 3.68. The van der Waals surface area contributed by atoms with Crippen molar-refractivity contribution in [1.82, 2.24) is 4.90 Å². The standard InChI is InChI=1S/C12H13NO4/c1-16-10-4-2-9(3-5-10)8-11(14)13-6-7-17-12(13)15/h2-5H,6-8H2,1H3. The average molecular weight is 235 g/mol. The first-order chi connectivity index (χ1) is 8.20. The molecule has 0 saturated carbocycles. The van der Waals surface area contributed by atoms with Crippen LogP contribution in [-0.4, -0.2) is 37.2 Å². The Kier molecular flexibility index (Phi) is 3.27. The predicted molar refractivity (Wildman–Crippen MR) is 59.8 cm³/mol. The zero-order valence-electron chi connectivity index (χ0n) is 9.51. The molecule has 1 heterocycles. The van der Waals surface area contributed by atoms with Gasteiger partial charge in [-0.25, -0.2) is 9.69 Å². The van der Waals surface area contributed by atoms with Crippen LogP contribution in [0.4, 0.5) is 4.79 Å². The van der Waals surface area contributed by atoms with Gasteiger partial charge in [-0.1, -0.05) is 12.1 Å². The second kappa shape index (κ2) is 4.86. The summed E-state index contributed by atoms with van der Waals surface area (Å²) in [6.45, 7) is 0.626. The Morgan fingerprint density at radius 1 is 1.41 bits per heavy atom. The number of carbonyl (C=O) groups excluding carboxylic acids is 2. The van der Waals surface area contributed by atoms with Crippen molar-refractivity contribution in [2.24, 2.45) is 0 Å². The lowest BCUT2D eigenvalue weighted by Gasteiger charge is -2.10. The summed E-state index contributed by atoms with van der Waals surface area (Å²) in [5.74, 6) is 0.499. The van der Waals surface area contributed by atoms with E-state index in [1.54, 1.807) is 31.4 Å². The molecule has 1 aliphatic rings. The Bertz CT molecular complexity index is 427. The molecule has 1 aliphatic heterocycles. The molecule has 1 aromatic rings. The molecule has 5 heteroatoms. The fourth-order valence-electron chi connectivity index (χ4n) is 1.63. The molecule has 0 bridgehead atoms. The van der Waals surface area contributed by atoms with Gasteiger partial charge in [-0.15, -0.1) is 0 Å². The van der Waals surface area contributed by atoms with Crippen LogP contribution in [0.5, 0.6) is 5.75 Å². The van der Waals surface area contributed by atoms with E-state index in [1.807, 2.05) is 0 Å². The summed E-state index contributed by atoms with van der Waals surface area (Å²) in [5, 5.41) is 0. The van der Waals surface area contributed by atoms with Crippen LogP contribution in [0.25, 0.3) is 0 Å². The molecule has 0 atom stereocenters. The Morgan fingerprint density at radius 3 is 2.65 bits per heavy atom. The highest BCUT2D eigenvalue weighted by molar-refractivity contribution is 5.94. The monoisotopic (exact) mass is 235 g/mol. The normalized spacial score (nSPS) is 14.6. The first kappa shape index (κ1) is 11.4. The molecule has 0 radical (unpaired) electrons. The lowest BCUT2D eigenvalue weighted by Crippen LogP contribution is -2.32. The first-order valence-corrected chi connectivity index (χ1v) is 5.31. The molecule has 17 heavy (non-hydrogen) atoms. The molecule has 2 rings (SSSR count). The minimum absolute atomic E-state index is 0.194. The maximum atomic E-state index is 11.8. The summed E-state index contributed by atoms with van der Waals surface area (Å²) in [5.41, 5.74) is 0.843. The van der Waals surface area contributed by atoms with E-state index in [9.17, 15) is 9.59 Å². The van der Waals surface area contributed by atoms with E-state index in [0.29, 0.717) is 6.54 Å². The quantitative estimate of drug-likeness (QED) is 0.790. The predicted octanol–water partition coefficient (Wildman–Crippen LogP) is 1.22. The van der Waals surface area contributed by atoms with Crippen molar-refractivity contribution in [3.8, 4) is 5.75 Å². The smallest absolute Gasteiger partial charge is 0.416 e. The van der Waals surface area contributed by atoms with Crippen LogP contribution >= 0.6 is 0 Å². The highest BCUT2D eigenvalue weighted by Gasteiger charge is 2.27. The van der Waals surface area contributed by atoms with Crippen LogP contribution in [0.1, 0.15) is 5.56 Å². The van der Waals surface area contributed by atoms with Crippen LogP contribution in [0.3, 0.4) is 0 Å². The van der Waals surface area contributed by atoms with Crippen LogP contribution in [0.15, 0.2) is 24.3 Å². The zero-order valence-corrected chi connectivity index (χ0v) is 9.51. The molecule has 0 N–H and O–H groups in total. The van der Waals surface area contributed by atoms with Crippen molar-refractivity contribution >= 4 is 12.0 Å². The highest BCUT2D eigenvalue weighted by atomic mass is 16.6.